The molecule has 0 bridgehead atoms. The van der Waals surface area contributed by atoms with Crippen molar-refractivity contribution in [2.24, 2.45) is 4.99 Å². The molecule has 0 N–H and O–H groups in total. The molecule has 0 spiro atoms. The number of rotatable bonds is 7. The standard InChI is InChI=1S/C10H21N/c1-3-5-6-7-8-10-11-9-4-2/h10H,3-9H2,1-2H3. The van der Waals surface area contributed by atoms with Gasteiger partial charge < -0.3 is 0 Å². The van der Waals surface area contributed by atoms with Crippen LogP contribution in [0.15, 0.2) is 4.99 Å². The largest absolute Gasteiger partial charge is 0.298 e. The number of aliphatic imine (C=N–C) groups is 1. The van der Waals surface area contributed by atoms with Crippen LogP contribution < -0.4 is 0 Å². The molecule has 0 atom stereocenters. The van der Waals surface area contributed by atoms with Crippen LogP contribution in [-0.2, 0) is 0 Å². The van der Waals surface area contributed by atoms with E-state index in [0.717, 1.165) is 6.54 Å². The summed E-state index contributed by atoms with van der Waals surface area (Å²) in [6, 6.07) is 0. The zero-order valence-electron chi connectivity index (χ0n) is 7.97. The van der Waals surface area contributed by atoms with Crippen molar-refractivity contribution in [2.45, 2.75) is 52.4 Å². The Kier molecular flexibility index (Phi) is 9.38. The number of nitrogens with zero attached hydrogens (tertiary/aromatic N) is 1. The van der Waals surface area contributed by atoms with Gasteiger partial charge in [0, 0.05) is 6.54 Å². The maximum absolute atomic E-state index is 4.26. The molecule has 0 amide bonds. The molecule has 0 saturated heterocycles. The maximum Gasteiger partial charge on any atom is 0.0382 e. The first-order valence-electron chi connectivity index (χ1n) is 4.90. The lowest BCUT2D eigenvalue weighted by atomic mass is 10.2. The van der Waals surface area contributed by atoms with E-state index in [2.05, 4.69) is 25.1 Å². The van der Waals surface area contributed by atoms with Crippen LogP contribution in [0.25, 0.3) is 0 Å². The van der Waals surface area contributed by atoms with Gasteiger partial charge in [0.2, 0.25) is 0 Å². The summed E-state index contributed by atoms with van der Waals surface area (Å²) in [5.41, 5.74) is 0. The maximum atomic E-state index is 4.26. The molecule has 0 aliphatic rings. The summed E-state index contributed by atoms with van der Waals surface area (Å²) < 4.78 is 0. The summed E-state index contributed by atoms with van der Waals surface area (Å²) in [6.07, 6.45) is 9.83. The van der Waals surface area contributed by atoms with Gasteiger partial charge in [-0.25, -0.2) is 0 Å². The zero-order valence-corrected chi connectivity index (χ0v) is 7.97. The minimum atomic E-state index is 1.01. The molecule has 0 aliphatic carbocycles. The van der Waals surface area contributed by atoms with Gasteiger partial charge in [0.1, 0.15) is 0 Å². The fourth-order valence-corrected chi connectivity index (χ4v) is 0.974. The van der Waals surface area contributed by atoms with Crippen LogP contribution in [0.2, 0.25) is 0 Å². The van der Waals surface area contributed by atoms with E-state index in [9.17, 15) is 0 Å². The van der Waals surface area contributed by atoms with E-state index in [1.807, 2.05) is 0 Å². The molecule has 0 aromatic carbocycles. The fraction of sp³-hybridized carbons (Fsp3) is 0.900. The number of hydrogen-bond acceptors (Lipinski definition) is 1. The van der Waals surface area contributed by atoms with Gasteiger partial charge in [-0.15, -0.1) is 0 Å². The molecule has 11 heavy (non-hydrogen) atoms. The topological polar surface area (TPSA) is 12.4 Å². The van der Waals surface area contributed by atoms with Gasteiger partial charge in [0.25, 0.3) is 0 Å². The Morgan fingerprint density at radius 3 is 2.45 bits per heavy atom. The third-order valence-corrected chi connectivity index (χ3v) is 1.67. The number of hydrogen-bond donors (Lipinski definition) is 0. The predicted octanol–water partition coefficient (Wildman–Crippen LogP) is 3.44. The normalized spacial score (nSPS) is 11.1. The first kappa shape index (κ1) is 10.7. The Morgan fingerprint density at radius 2 is 1.82 bits per heavy atom. The average Bonchev–Trinajstić information content (AvgIpc) is 2.03. The van der Waals surface area contributed by atoms with E-state index in [4.69, 9.17) is 0 Å². The summed E-state index contributed by atoms with van der Waals surface area (Å²) in [5, 5.41) is 0. The van der Waals surface area contributed by atoms with Crippen molar-refractivity contribution in [1.82, 2.24) is 0 Å². The highest BCUT2D eigenvalue weighted by molar-refractivity contribution is 5.56. The molecular weight excluding hydrogens is 134 g/mol. The van der Waals surface area contributed by atoms with Crippen molar-refractivity contribution >= 4 is 6.21 Å². The molecule has 0 aromatic heterocycles. The van der Waals surface area contributed by atoms with Crippen LogP contribution in [-0.4, -0.2) is 12.8 Å². The first-order valence-corrected chi connectivity index (χ1v) is 4.90. The Hall–Kier alpha value is -0.330. The molecule has 0 unspecified atom stereocenters. The summed E-state index contributed by atoms with van der Waals surface area (Å²) in [7, 11) is 0. The summed E-state index contributed by atoms with van der Waals surface area (Å²) in [5.74, 6) is 0. The molecule has 0 saturated carbocycles. The second kappa shape index (κ2) is 9.67. The zero-order chi connectivity index (χ0) is 8.36. The van der Waals surface area contributed by atoms with Gasteiger partial charge in [0.05, 0.1) is 0 Å². The Morgan fingerprint density at radius 1 is 1.00 bits per heavy atom. The van der Waals surface area contributed by atoms with Gasteiger partial charge in [-0.1, -0.05) is 33.1 Å². The van der Waals surface area contributed by atoms with Gasteiger partial charge in [0.15, 0.2) is 0 Å². The van der Waals surface area contributed by atoms with E-state index in [0.29, 0.717) is 0 Å². The Balaban J connectivity index is 2.89. The van der Waals surface area contributed by atoms with Crippen molar-refractivity contribution in [3.05, 3.63) is 0 Å². The summed E-state index contributed by atoms with van der Waals surface area (Å²) >= 11 is 0. The molecule has 66 valence electrons. The summed E-state index contributed by atoms with van der Waals surface area (Å²) in [4.78, 5) is 4.26. The molecule has 0 fully saturated rings. The van der Waals surface area contributed by atoms with Crippen molar-refractivity contribution < 1.29 is 0 Å². The van der Waals surface area contributed by atoms with Crippen LogP contribution in [0.1, 0.15) is 52.4 Å². The molecule has 0 aromatic rings. The van der Waals surface area contributed by atoms with Gasteiger partial charge in [-0.2, -0.15) is 0 Å². The van der Waals surface area contributed by atoms with Crippen molar-refractivity contribution in [3.8, 4) is 0 Å². The van der Waals surface area contributed by atoms with E-state index in [1.54, 1.807) is 0 Å². The number of unbranched alkanes of at least 4 members (excludes halogenated alkanes) is 4. The molecule has 0 heterocycles. The van der Waals surface area contributed by atoms with Gasteiger partial charge in [-0.3, -0.25) is 4.99 Å². The second-order valence-corrected chi connectivity index (χ2v) is 2.94. The summed E-state index contributed by atoms with van der Waals surface area (Å²) in [6.45, 7) is 5.41. The lowest BCUT2D eigenvalue weighted by molar-refractivity contribution is 0.685. The minimum Gasteiger partial charge on any atom is -0.298 e. The smallest absolute Gasteiger partial charge is 0.0382 e. The van der Waals surface area contributed by atoms with Crippen LogP contribution in [0.4, 0.5) is 0 Å². The fourth-order valence-electron chi connectivity index (χ4n) is 0.974. The molecule has 1 nitrogen and oxygen atoms in total. The van der Waals surface area contributed by atoms with E-state index < -0.39 is 0 Å². The highest BCUT2D eigenvalue weighted by Crippen LogP contribution is 2.00. The van der Waals surface area contributed by atoms with Gasteiger partial charge in [-0.05, 0) is 25.5 Å². The third kappa shape index (κ3) is 9.67. The predicted molar refractivity (Wildman–Crippen MR) is 52.4 cm³/mol. The Bertz CT molecular complexity index is 86.9. The monoisotopic (exact) mass is 155 g/mol. The van der Waals surface area contributed by atoms with Crippen molar-refractivity contribution in [2.75, 3.05) is 6.54 Å². The van der Waals surface area contributed by atoms with Crippen LogP contribution >= 0.6 is 0 Å². The molecule has 1 heteroatoms. The average molecular weight is 155 g/mol. The lowest BCUT2D eigenvalue weighted by Gasteiger charge is -1.93. The van der Waals surface area contributed by atoms with Crippen molar-refractivity contribution in [3.63, 3.8) is 0 Å². The lowest BCUT2D eigenvalue weighted by Crippen LogP contribution is -1.81. The SMILES string of the molecule is CCCCCCC=NCCC. The highest BCUT2D eigenvalue weighted by Gasteiger charge is 1.83. The van der Waals surface area contributed by atoms with Crippen LogP contribution in [0.3, 0.4) is 0 Å². The molecule has 0 rings (SSSR count). The van der Waals surface area contributed by atoms with E-state index >= 15 is 0 Å². The Labute approximate surface area is 70.9 Å². The molecule has 0 radical (unpaired) electrons. The minimum absolute atomic E-state index is 1.01. The van der Waals surface area contributed by atoms with Crippen LogP contribution in [0.5, 0.6) is 0 Å². The quantitative estimate of drug-likeness (QED) is 0.394. The second-order valence-electron chi connectivity index (χ2n) is 2.94. The van der Waals surface area contributed by atoms with E-state index in [1.165, 1.54) is 38.5 Å². The first-order chi connectivity index (χ1) is 5.41. The third-order valence-electron chi connectivity index (χ3n) is 1.67. The van der Waals surface area contributed by atoms with Crippen LogP contribution in [0, 0.1) is 0 Å². The van der Waals surface area contributed by atoms with Gasteiger partial charge >= 0.3 is 0 Å². The highest BCUT2D eigenvalue weighted by atomic mass is 14.7. The molecule has 0 aliphatic heterocycles. The van der Waals surface area contributed by atoms with Crippen molar-refractivity contribution in [1.29, 1.82) is 0 Å². The molecular formula is C10H21N. The van der Waals surface area contributed by atoms with E-state index in [-0.39, 0.29) is 0 Å².